The van der Waals surface area contributed by atoms with E-state index in [1.165, 1.54) is 0 Å². The molecule has 0 saturated carbocycles. The SMILES string of the molecule is COc1cc(OC)c(OC)cc1CNC(=O)[C@H](C)n1cccn1. The van der Waals surface area contributed by atoms with Gasteiger partial charge in [0.05, 0.1) is 21.3 Å². The first-order valence-electron chi connectivity index (χ1n) is 7.16. The van der Waals surface area contributed by atoms with Crippen LogP contribution in [0.3, 0.4) is 0 Å². The molecule has 0 spiro atoms. The molecule has 23 heavy (non-hydrogen) atoms. The quantitative estimate of drug-likeness (QED) is 0.842. The van der Waals surface area contributed by atoms with Crippen molar-refractivity contribution in [3.63, 3.8) is 0 Å². The van der Waals surface area contributed by atoms with Gasteiger partial charge >= 0.3 is 0 Å². The first-order chi connectivity index (χ1) is 11.1. The van der Waals surface area contributed by atoms with Crippen LogP contribution in [0.15, 0.2) is 30.6 Å². The van der Waals surface area contributed by atoms with Crippen molar-refractivity contribution >= 4 is 5.91 Å². The van der Waals surface area contributed by atoms with Crippen molar-refractivity contribution in [1.82, 2.24) is 15.1 Å². The van der Waals surface area contributed by atoms with Crippen LogP contribution >= 0.6 is 0 Å². The summed E-state index contributed by atoms with van der Waals surface area (Å²) in [5, 5.41) is 6.94. The lowest BCUT2D eigenvalue weighted by atomic mass is 10.1. The lowest BCUT2D eigenvalue weighted by molar-refractivity contribution is -0.124. The zero-order chi connectivity index (χ0) is 16.8. The lowest BCUT2D eigenvalue weighted by Crippen LogP contribution is -2.31. The zero-order valence-electron chi connectivity index (χ0n) is 13.7. The number of nitrogens with zero attached hydrogens (tertiary/aromatic N) is 2. The average Bonchev–Trinajstić information content (AvgIpc) is 3.12. The smallest absolute Gasteiger partial charge is 0.244 e. The number of nitrogens with one attached hydrogen (secondary N) is 1. The number of rotatable bonds is 7. The molecule has 124 valence electrons. The highest BCUT2D eigenvalue weighted by atomic mass is 16.5. The number of carbonyl (C=O) groups excluding carboxylic acids is 1. The lowest BCUT2D eigenvalue weighted by Gasteiger charge is -2.16. The first kappa shape index (κ1) is 16.7. The summed E-state index contributed by atoms with van der Waals surface area (Å²) in [7, 11) is 4.69. The summed E-state index contributed by atoms with van der Waals surface area (Å²) < 4.78 is 17.5. The Kier molecular flexibility index (Phi) is 5.46. The summed E-state index contributed by atoms with van der Waals surface area (Å²) in [5.74, 6) is 1.64. The molecule has 2 aromatic rings. The van der Waals surface area contributed by atoms with E-state index in [2.05, 4.69) is 10.4 Å². The van der Waals surface area contributed by atoms with E-state index in [0.717, 1.165) is 5.56 Å². The fraction of sp³-hybridized carbons (Fsp3) is 0.375. The second kappa shape index (κ2) is 7.53. The summed E-state index contributed by atoms with van der Waals surface area (Å²) in [5.41, 5.74) is 0.797. The van der Waals surface area contributed by atoms with Crippen LogP contribution in [0.25, 0.3) is 0 Å². The fourth-order valence-electron chi connectivity index (χ4n) is 2.19. The fourth-order valence-corrected chi connectivity index (χ4v) is 2.19. The van der Waals surface area contributed by atoms with Gasteiger partial charge in [-0.1, -0.05) is 0 Å². The molecule has 0 saturated heterocycles. The van der Waals surface area contributed by atoms with Crippen LogP contribution in [0.2, 0.25) is 0 Å². The maximum absolute atomic E-state index is 12.2. The Morgan fingerprint density at radius 3 is 2.39 bits per heavy atom. The predicted octanol–water partition coefficient (Wildman–Crippen LogP) is 1.79. The first-order valence-corrected chi connectivity index (χ1v) is 7.16. The monoisotopic (exact) mass is 319 g/mol. The van der Waals surface area contributed by atoms with E-state index in [1.807, 2.05) is 0 Å². The number of benzene rings is 1. The number of carbonyl (C=O) groups is 1. The molecule has 7 nitrogen and oxygen atoms in total. The van der Waals surface area contributed by atoms with Crippen molar-refractivity contribution < 1.29 is 19.0 Å². The van der Waals surface area contributed by atoms with Crippen molar-refractivity contribution in [2.75, 3.05) is 21.3 Å². The Labute approximate surface area is 135 Å². The number of ether oxygens (including phenoxy) is 3. The molecule has 0 bridgehead atoms. The molecule has 0 aliphatic rings. The number of aromatic nitrogens is 2. The summed E-state index contributed by atoms with van der Waals surface area (Å²) >= 11 is 0. The topological polar surface area (TPSA) is 74.6 Å². The highest BCUT2D eigenvalue weighted by Crippen LogP contribution is 2.34. The average molecular weight is 319 g/mol. The maximum atomic E-state index is 12.2. The zero-order valence-corrected chi connectivity index (χ0v) is 13.7. The van der Waals surface area contributed by atoms with Crippen molar-refractivity contribution in [3.8, 4) is 17.2 Å². The van der Waals surface area contributed by atoms with Crippen molar-refractivity contribution in [2.24, 2.45) is 0 Å². The van der Waals surface area contributed by atoms with E-state index in [9.17, 15) is 4.79 Å². The Morgan fingerprint density at radius 1 is 1.17 bits per heavy atom. The highest BCUT2D eigenvalue weighted by Gasteiger charge is 2.17. The van der Waals surface area contributed by atoms with Crippen molar-refractivity contribution in [3.05, 3.63) is 36.2 Å². The Bertz CT molecular complexity index is 656. The molecule has 1 aromatic heterocycles. The van der Waals surface area contributed by atoms with Crippen LogP contribution in [0.4, 0.5) is 0 Å². The summed E-state index contributed by atoms with van der Waals surface area (Å²) in [4.78, 5) is 12.2. The van der Waals surface area contributed by atoms with E-state index in [0.29, 0.717) is 23.8 Å². The van der Waals surface area contributed by atoms with Gasteiger partial charge in [-0.2, -0.15) is 5.10 Å². The van der Waals surface area contributed by atoms with Gasteiger partial charge in [0.25, 0.3) is 0 Å². The van der Waals surface area contributed by atoms with Crippen LogP contribution in [-0.2, 0) is 11.3 Å². The van der Waals surface area contributed by atoms with E-state index in [-0.39, 0.29) is 5.91 Å². The van der Waals surface area contributed by atoms with E-state index in [1.54, 1.807) is 63.5 Å². The molecule has 2 rings (SSSR count). The van der Waals surface area contributed by atoms with E-state index < -0.39 is 6.04 Å². The van der Waals surface area contributed by atoms with Gasteiger partial charge in [0.2, 0.25) is 5.91 Å². The number of amides is 1. The van der Waals surface area contributed by atoms with Crippen molar-refractivity contribution in [1.29, 1.82) is 0 Å². The molecule has 1 N–H and O–H groups in total. The minimum absolute atomic E-state index is 0.134. The minimum atomic E-state index is -0.392. The van der Waals surface area contributed by atoms with Crippen molar-refractivity contribution in [2.45, 2.75) is 19.5 Å². The van der Waals surface area contributed by atoms with Gasteiger partial charge in [0.15, 0.2) is 11.5 Å². The molecule has 0 aliphatic heterocycles. The molecule has 0 aliphatic carbocycles. The predicted molar refractivity (Wildman–Crippen MR) is 84.9 cm³/mol. The van der Waals surface area contributed by atoms with Crippen LogP contribution in [0, 0.1) is 0 Å². The molecular weight excluding hydrogens is 298 g/mol. The van der Waals surface area contributed by atoms with Crippen LogP contribution in [0.1, 0.15) is 18.5 Å². The molecular formula is C16H21N3O4. The van der Waals surface area contributed by atoms with Gasteiger partial charge in [0.1, 0.15) is 11.8 Å². The van der Waals surface area contributed by atoms with Gasteiger partial charge in [-0.3, -0.25) is 9.48 Å². The van der Waals surface area contributed by atoms with E-state index in [4.69, 9.17) is 14.2 Å². The molecule has 0 fully saturated rings. The molecule has 1 aromatic carbocycles. The normalized spacial score (nSPS) is 11.7. The summed E-state index contributed by atoms with van der Waals surface area (Å²) in [6.07, 6.45) is 3.39. The highest BCUT2D eigenvalue weighted by molar-refractivity contribution is 5.79. The van der Waals surface area contributed by atoms with Gasteiger partial charge in [-0.25, -0.2) is 0 Å². The van der Waals surface area contributed by atoms with Gasteiger partial charge in [0, 0.05) is 30.6 Å². The van der Waals surface area contributed by atoms with Crippen LogP contribution < -0.4 is 19.5 Å². The third-order valence-electron chi connectivity index (χ3n) is 3.54. The Morgan fingerprint density at radius 2 is 1.83 bits per heavy atom. The third-order valence-corrected chi connectivity index (χ3v) is 3.54. The number of hydrogen-bond donors (Lipinski definition) is 1. The number of methoxy groups -OCH3 is 3. The minimum Gasteiger partial charge on any atom is -0.496 e. The molecule has 1 heterocycles. The molecule has 1 atom stereocenters. The Balaban J connectivity index is 2.11. The molecule has 7 heteroatoms. The largest absolute Gasteiger partial charge is 0.496 e. The van der Waals surface area contributed by atoms with Crippen LogP contribution in [0.5, 0.6) is 17.2 Å². The molecule has 0 radical (unpaired) electrons. The summed E-state index contributed by atoms with van der Waals surface area (Å²) in [6, 6.07) is 4.91. The standard InChI is InChI=1S/C16H21N3O4/c1-11(19-7-5-6-18-19)16(20)17-10-12-8-14(22-3)15(23-4)9-13(12)21-2/h5-9,11H,10H2,1-4H3,(H,17,20)/t11-/m0/s1. The van der Waals surface area contributed by atoms with E-state index >= 15 is 0 Å². The third kappa shape index (κ3) is 3.74. The van der Waals surface area contributed by atoms with Crippen LogP contribution in [-0.4, -0.2) is 37.0 Å². The maximum Gasteiger partial charge on any atom is 0.244 e. The van der Waals surface area contributed by atoms with Gasteiger partial charge in [-0.15, -0.1) is 0 Å². The summed E-state index contributed by atoms with van der Waals surface area (Å²) in [6.45, 7) is 2.10. The second-order valence-corrected chi connectivity index (χ2v) is 4.90. The molecule has 0 unspecified atom stereocenters. The second-order valence-electron chi connectivity index (χ2n) is 4.90. The molecule has 1 amide bonds. The Hall–Kier alpha value is -2.70. The van der Waals surface area contributed by atoms with Gasteiger partial charge in [-0.05, 0) is 19.1 Å². The van der Waals surface area contributed by atoms with Gasteiger partial charge < -0.3 is 19.5 Å². The number of hydrogen-bond acceptors (Lipinski definition) is 5.